The Morgan fingerprint density at radius 3 is 2.39 bits per heavy atom. The number of likely N-dealkylation sites (N-methyl/N-ethyl adjacent to an activating group) is 1. The van der Waals surface area contributed by atoms with Gasteiger partial charge in [-0.05, 0) is 35.4 Å². The summed E-state index contributed by atoms with van der Waals surface area (Å²) in [6, 6.07) is 6.67. The van der Waals surface area contributed by atoms with Crippen LogP contribution < -0.4 is 0 Å². The Kier molecular flexibility index (Phi) is 4.55. The zero-order valence-electron chi connectivity index (χ0n) is 12.5. The molecule has 0 aliphatic rings. The molecule has 0 saturated carbocycles. The molecule has 0 aliphatic heterocycles. The third-order valence-corrected chi connectivity index (χ3v) is 3.47. The zero-order valence-corrected chi connectivity index (χ0v) is 12.5. The molecular weight excluding hydrogens is 222 g/mol. The molecule has 1 amide bonds. The van der Waals surface area contributed by atoms with Crippen molar-refractivity contribution in [2.24, 2.45) is 0 Å². The van der Waals surface area contributed by atoms with E-state index in [0.717, 1.165) is 13.0 Å². The van der Waals surface area contributed by atoms with Gasteiger partial charge in [0.2, 0.25) is 5.91 Å². The Balaban J connectivity index is 2.85. The van der Waals surface area contributed by atoms with Crippen LogP contribution in [0, 0.1) is 6.92 Å². The van der Waals surface area contributed by atoms with Crippen molar-refractivity contribution in [3.05, 3.63) is 34.9 Å². The van der Waals surface area contributed by atoms with Gasteiger partial charge in [-0.15, -0.1) is 0 Å². The van der Waals surface area contributed by atoms with E-state index in [2.05, 4.69) is 45.9 Å². The van der Waals surface area contributed by atoms with E-state index in [4.69, 9.17) is 0 Å². The van der Waals surface area contributed by atoms with Crippen LogP contribution in [-0.4, -0.2) is 24.4 Å². The maximum Gasteiger partial charge on any atom is 0.219 e. The molecular formula is C16H25NO. The summed E-state index contributed by atoms with van der Waals surface area (Å²) in [6.07, 6.45) is 0.922. The van der Waals surface area contributed by atoms with Crippen LogP contribution in [0.4, 0.5) is 0 Å². The topological polar surface area (TPSA) is 20.3 Å². The minimum atomic E-state index is 0.125. The fourth-order valence-corrected chi connectivity index (χ4v) is 1.85. The van der Waals surface area contributed by atoms with E-state index in [-0.39, 0.29) is 11.3 Å². The molecule has 0 heterocycles. The molecule has 0 saturated heterocycles. The Labute approximate surface area is 111 Å². The lowest BCUT2D eigenvalue weighted by molar-refractivity contribution is -0.127. The number of hydrogen-bond acceptors (Lipinski definition) is 1. The second-order valence-electron chi connectivity index (χ2n) is 6.08. The first-order valence-corrected chi connectivity index (χ1v) is 6.53. The Morgan fingerprint density at radius 2 is 1.89 bits per heavy atom. The molecule has 0 fully saturated rings. The van der Waals surface area contributed by atoms with E-state index in [1.54, 1.807) is 11.8 Å². The first-order valence-electron chi connectivity index (χ1n) is 6.53. The van der Waals surface area contributed by atoms with Gasteiger partial charge < -0.3 is 4.90 Å². The number of rotatable bonds is 3. The van der Waals surface area contributed by atoms with Crippen molar-refractivity contribution in [3.63, 3.8) is 0 Å². The lowest BCUT2D eigenvalue weighted by atomic mass is 9.85. The standard InChI is InChI=1S/C16H25NO/c1-12-7-8-15(16(3,4)5)11-14(12)9-10-17(6)13(2)18/h7-8,11H,9-10H2,1-6H3. The van der Waals surface area contributed by atoms with Crippen molar-refractivity contribution >= 4 is 5.91 Å². The monoisotopic (exact) mass is 247 g/mol. The van der Waals surface area contributed by atoms with Crippen LogP contribution in [0.3, 0.4) is 0 Å². The van der Waals surface area contributed by atoms with Crippen LogP contribution >= 0.6 is 0 Å². The highest BCUT2D eigenvalue weighted by Crippen LogP contribution is 2.24. The second kappa shape index (κ2) is 5.55. The normalized spacial score (nSPS) is 11.4. The minimum Gasteiger partial charge on any atom is -0.346 e. The summed E-state index contributed by atoms with van der Waals surface area (Å²) in [4.78, 5) is 13.0. The average Bonchev–Trinajstić information content (AvgIpc) is 2.25. The van der Waals surface area contributed by atoms with Crippen LogP contribution in [0.2, 0.25) is 0 Å². The van der Waals surface area contributed by atoms with Crippen LogP contribution in [0.1, 0.15) is 44.4 Å². The Morgan fingerprint density at radius 1 is 1.28 bits per heavy atom. The number of amides is 1. The Bertz CT molecular complexity index is 429. The zero-order chi connectivity index (χ0) is 13.9. The van der Waals surface area contributed by atoms with Crippen LogP contribution in [0.25, 0.3) is 0 Å². The van der Waals surface area contributed by atoms with Gasteiger partial charge in [0.15, 0.2) is 0 Å². The first-order chi connectivity index (χ1) is 8.21. The summed E-state index contributed by atoms with van der Waals surface area (Å²) in [6.45, 7) is 11.2. The summed E-state index contributed by atoms with van der Waals surface area (Å²) >= 11 is 0. The molecule has 1 aromatic carbocycles. The molecule has 0 N–H and O–H groups in total. The summed E-state index contributed by atoms with van der Waals surface area (Å²) in [5.41, 5.74) is 4.18. The minimum absolute atomic E-state index is 0.125. The number of nitrogens with zero attached hydrogens (tertiary/aromatic N) is 1. The van der Waals surface area contributed by atoms with Gasteiger partial charge in [0.1, 0.15) is 0 Å². The van der Waals surface area contributed by atoms with Crippen molar-refractivity contribution in [2.75, 3.05) is 13.6 Å². The van der Waals surface area contributed by atoms with Gasteiger partial charge in [-0.1, -0.05) is 39.0 Å². The van der Waals surface area contributed by atoms with Crippen LogP contribution in [-0.2, 0) is 16.6 Å². The highest BCUT2D eigenvalue weighted by Gasteiger charge is 2.14. The van der Waals surface area contributed by atoms with Gasteiger partial charge in [-0.3, -0.25) is 4.79 Å². The third-order valence-electron chi connectivity index (χ3n) is 3.47. The van der Waals surface area contributed by atoms with E-state index in [1.165, 1.54) is 16.7 Å². The van der Waals surface area contributed by atoms with Crippen molar-refractivity contribution in [3.8, 4) is 0 Å². The predicted molar refractivity (Wildman–Crippen MR) is 76.9 cm³/mol. The number of carbonyl (C=O) groups is 1. The number of aryl methyl sites for hydroxylation is 1. The van der Waals surface area contributed by atoms with E-state index in [0.29, 0.717) is 0 Å². The summed E-state index contributed by atoms with van der Waals surface area (Å²) in [7, 11) is 1.85. The van der Waals surface area contributed by atoms with Crippen LogP contribution in [0.15, 0.2) is 18.2 Å². The maximum atomic E-state index is 11.2. The molecule has 0 atom stereocenters. The summed E-state index contributed by atoms with van der Waals surface area (Å²) in [5.74, 6) is 0.125. The fraction of sp³-hybridized carbons (Fsp3) is 0.562. The highest BCUT2D eigenvalue weighted by molar-refractivity contribution is 5.72. The Hall–Kier alpha value is -1.31. The summed E-state index contributed by atoms with van der Waals surface area (Å²) in [5, 5.41) is 0. The van der Waals surface area contributed by atoms with E-state index < -0.39 is 0 Å². The molecule has 2 nitrogen and oxygen atoms in total. The quantitative estimate of drug-likeness (QED) is 0.802. The molecule has 1 rings (SSSR count). The summed E-state index contributed by atoms with van der Waals surface area (Å²) < 4.78 is 0. The van der Waals surface area contributed by atoms with Gasteiger partial charge in [-0.25, -0.2) is 0 Å². The van der Waals surface area contributed by atoms with Crippen molar-refractivity contribution in [1.29, 1.82) is 0 Å². The van der Waals surface area contributed by atoms with E-state index in [1.807, 2.05) is 7.05 Å². The average molecular weight is 247 g/mol. The fourth-order valence-electron chi connectivity index (χ4n) is 1.85. The number of carbonyl (C=O) groups excluding carboxylic acids is 1. The highest BCUT2D eigenvalue weighted by atomic mass is 16.2. The largest absolute Gasteiger partial charge is 0.346 e. The molecule has 0 spiro atoms. The van der Waals surface area contributed by atoms with Crippen LogP contribution in [0.5, 0.6) is 0 Å². The maximum absolute atomic E-state index is 11.2. The lowest BCUT2D eigenvalue weighted by Gasteiger charge is -2.22. The van der Waals surface area contributed by atoms with Gasteiger partial charge in [0.05, 0.1) is 0 Å². The third kappa shape index (κ3) is 3.86. The van der Waals surface area contributed by atoms with E-state index >= 15 is 0 Å². The second-order valence-corrected chi connectivity index (χ2v) is 6.08. The molecule has 1 aromatic rings. The van der Waals surface area contributed by atoms with Gasteiger partial charge in [0, 0.05) is 20.5 Å². The molecule has 0 radical (unpaired) electrons. The molecule has 0 aliphatic carbocycles. The van der Waals surface area contributed by atoms with Gasteiger partial charge in [0.25, 0.3) is 0 Å². The molecule has 0 aromatic heterocycles. The molecule has 2 heteroatoms. The smallest absolute Gasteiger partial charge is 0.219 e. The van der Waals surface area contributed by atoms with E-state index in [9.17, 15) is 4.79 Å². The van der Waals surface area contributed by atoms with Gasteiger partial charge >= 0.3 is 0 Å². The lowest BCUT2D eigenvalue weighted by Crippen LogP contribution is -2.26. The van der Waals surface area contributed by atoms with Crippen molar-refractivity contribution in [1.82, 2.24) is 4.90 Å². The predicted octanol–water partition coefficient (Wildman–Crippen LogP) is 3.31. The van der Waals surface area contributed by atoms with Crippen molar-refractivity contribution in [2.45, 2.75) is 46.5 Å². The first kappa shape index (κ1) is 14.7. The molecule has 18 heavy (non-hydrogen) atoms. The number of benzene rings is 1. The molecule has 0 bridgehead atoms. The van der Waals surface area contributed by atoms with Gasteiger partial charge in [-0.2, -0.15) is 0 Å². The van der Waals surface area contributed by atoms with Crippen molar-refractivity contribution < 1.29 is 4.79 Å². The number of hydrogen-bond donors (Lipinski definition) is 0. The SMILES string of the molecule is CC(=O)N(C)CCc1cc(C(C)(C)C)ccc1C. The molecule has 0 unspecified atom stereocenters. The molecule has 100 valence electrons.